The smallest absolute Gasteiger partial charge is 0.227 e. The van der Waals surface area contributed by atoms with Crippen LogP contribution < -0.4 is 5.32 Å². The molecule has 1 aromatic heterocycles. The molecule has 2 heterocycles. The van der Waals surface area contributed by atoms with E-state index in [1.165, 1.54) is 5.56 Å². The van der Waals surface area contributed by atoms with Crippen LogP contribution in [0.4, 0.5) is 11.6 Å². The third-order valence-electron chi connectivity index (χ3n) is 5.82. The van der Waals surface area contributed by atoms with E-state index in [-0.39, 0.29) is 0 Å². The summed E-state index contributed by atoms with van der Waals surface area (Å²) in [4.78, 5) is 14.0. The second-order valence-corrected chi connectivity index (χ2v) is 8.27. The topological polar surface area (TPSA) is 68.1 Å². The zero-order valence-electron chi connectivity index (χ0n) is 18.4. The number of aromatic nitrogens is 2. The zero-order chi connectivity index (χ0) is 21.8. The summed E-state index contributed by atoms with van der Waals surface area (Å²) in [6.07, 6.45) is 1.82. The van der Waals surface area contributed by atoms with Crippen molar-refractivity contribution in [3.63, 3.8) is 0 Å². The van der Waals surface area contributed by atoms with Gasteiger partial charge in [0.05, 0.1) is 17.3 Å². The van der Waals surface area contributed by atoms with Crippen molar-refractivity contribution in [2.45, 2.75) is 20.4 Å². The number of hydrogen-bond donors (Lipinski definition) is 1. The molecule has 0 spiro atoms. The normalized spacial score (nSPS) is 14.9. The largest absolute Gasteiger partial charge is 0.324 e. The number of nitriles is 1. The molecule has 158 valence electrons. The van der Waals surface area contributed by atoms with E-state index in [0.29, 0.717) is 11.5 Å². The van der Waals surface area contributed by atoms with Gasteiger partial charge in [-0.3, -0.25) is 4.90 Å². The van der Waals surface area contributed by atoms with Gasteiger partial charge in [-0.15, -0.1) is 0 Å². The first-order chi connectivity index (χ1) is 15.0. The first kappa shape index (κ1) is 21.0. The summed E-state index contributed by atoms with van der Waals surface area (Å²) in [7, 11) is 2.18. The van der Waals surface area contributed by atoms with Crippen LogP contribution in [0.1, 0.15) is 22.3 Å². The Kier molecular flexibility index (Phi) is 6.26. The minimum atomic E-state index is 0.548. The van der Waals surface area contributed by atoms with Crippen LogP contribution in [0.25, 0.3) is 11.3 Å². The SMILES string of the molecule is Cc1ccc(-c2nc(Nc3ccc(CN4CCN(C)CC4)cc3)ncc2C)cc1C#N. The Labute approximate surface area is 184 Å². The number of aryl methyl sites for hydroxylation is 2. The summed E-state index contributed by atoms with van der Waals surface area (Å²) in [5.74, 6) is 0.548. The molecule has 0 unspecified atom stereocenters. The third-order valence-corrected chi connectivity index (χ3v) is 5.82. The lowest BCUT2D eigenvalue weighted by atomic mass is 10.0. The third kappa shape index (κ3) is 5.08. The highest BCUT2D eigenvalue weighted by molar-refractivity contribution is 5.67. The van der Waals surface area contributed by atoms with Crippen molar-refractivity contribution in [2.75, 3.05) is 38.5 Å². The summed E-state index contributed by atoms with van der Waals surface area (Å²) in [5.41, 5.74) is 6.63. The van der Waals surface area contributed by atoms with E-state index in [9.17, 15) is 5.26 Å². The fourth-order valence-electron chi connectivity index (χ4n) is 3.77. The Morgan fingerprint density at radius 3 is 2.45 bits per heavy atom. The quantitative estimate of drug-likeness (QED) is 0.680. The van der Waals surface area contributed by atoms with E-state index in [4.69, 9.17) is 4.98 Å². The van der Waals surface area contributed by atoms with E-state index in [1.807, 2.05) is 38.2 Å². The van der Waals surface area contributed by atoms with Gasteiger partial charge in [0.1, 0.15) is 0 Å². The molecule has 0 saturated carbocycles. The van der Waals surface area contributed by atoms with Crippen LogP contribution in [0.5, 0.6) is 0 Å². The molecule has 0 amide bonds. The molecule has 0 aliphatic carbocycles. The first-order valence-electron chi connectivity index (χ1n) is 10.6. The lowest BCUT2D eigenvalue weighted by Crippen LogP contribution is -2.43. The molecule has 4 rings (SSSR count). The van der Waals surface area contributed by atoms with Crippen molar-refractivity contribution >= 4 is 11.6 Å². The maximum atomic E-state index is 9.35. The molecule has 6 nitrogen and oxygen atoms in total. The number of piperazine rings is 1. The van der Waals surface area contributed by atoms with Crippen LogP contribution in [0.15, 0.2) is 48.7 Å². The van der Waals surface area contributed by atoms with Gasteiger partial charge in [0.25, 0.3) is 0 Å². The summed E-state index contributed by atoms with van der Waals surface area (Å²) in [6, 6.07) is 16.6. The van der Waals surface area contributed by atoms with Gasteiger partial charge in [0.2, 0.25) is 5.95 Å². The van der Waals surface area contributed by atoms with E-state index < -0.39 is 0 Å². The molecule has 0 bridgehead atoms. The first-order valence-corrected chi connectivity index (χ1v) is 10.6. The standard InChI is InChI=1S/C25H28N6/c1-18-4-7-21(14-22(18)15-26)24-19(2)16-27-25(29-24)28-23-8-5-20(6-9-23)17-31-12-10-30(3)11-13-31/h4-9,14,16H,10-13,17H2,1-3H3,(H,27,28,29). The number of anilines is 2. The van der Waals surface area contributed by atoms with E-state index in [0.717, 1.165) is 60.8 Å². The molecule has 1 fully saturated rings. The monoisotopic (exact) mass is 412 g/mol. The van der Waals surface area contributed by atoms with Crippen molar-refractivity contribution in [2.24, 2.45) is 0 Å². The minimum absolute atomic E-state index is 0.548. The fourth-order valence-corrected chi connectivity index (χ4v) is 3.77. The Morgan fingerprint density at radius 1 is 1.00 bits per heavy atom. The van der Waals surface area contributed by atoms with Crippen LogP contribution in [0.3, 0.4) is 0 Å². The number of nitrogens with zero attached hydrogens (tertiary/aromatic N) is 5. The average Bonchev–Trinajstić information content (AvgIpc) is 2.78. The van der Waals surface area contributed by atoms with E-state index in [2.05, 4.69) is 57.5 Å². The van der Waals surface area contributed by atoms with Gasteiger partial charge in [0, 0.05) is 50.2 Å². The summed E-state index contributed by atoms with van der Waals surface area (Å²) < 4.78 is 0. The molecule has 3 aromatic rings. The minimum Gasteiger partial charge on any atom is -0.324 e. The van der Waals surface area contributed by atoms with Crippen LogP contribution in [-0.2, 0) is 6.54 Å². The fraction of sp³-hybridized carbons (Fsp3) is 0.320. The molecule has 0 atom stereocenters. The predicted octanol–water partition coefficient (Wildman–Crippen LogP) is 4.12. The molecule has 1 aliphatic heterocycles. The highest BCUT2D eigenvalue weighted by atomic mass is 15.2. The molecule has 31 heavy (non-hydrogen) atoms. The van der Waals surface area contributed by atoms with Crippen molar-refractivity contribution in [3.05, 3.63) is 70.9 Å². The molecule has 2 aromatic carbocycles. The van der Waals surface area contributed by atoms with Gasteiger partial charge in [-0.2, -0.15) is 5.26 Å². The Hall–Kier alpha value is -3.27. The van der Waals surface area contributed by atoms with Crippen LogP contribution in [-0.4, -0.2) is 53.0 Å². The Morgan fingerprint density at radius 2 is 1.74 bits per heavy atom. The molecular formula is C25H28N6. The second-order valence-electron chi connectivity index (χ2n) is 8.27. The number of likely N-dealkylation sites (N-methyl/N-ethyl adjacent to an activating group) is 1. The molecular weight excluding hydrogens is 384 g/mol. The predicted molar refractivity (Wildman–Crippen MR) is 124 cm³/mol. The van der Waals surface area contributed by atoms with Crippen molar-refractivity contribution in [1.29, 1.82) is 5.26 Å². The van der Waals surface area contributed by atoms with Gasteiger partial charge in [0.15, 0.2) is 0 Å². The lowest BCUT2D eigenvalue weighted by Gasteiger charge is -2.32. The summed E-state index contributed by atoms with van der Waals surface area (Å²) in [5, 5.41) is 12.7. The van der Waals surface area contributed by atoms with Crippen molar-refractivity contribution in [3.8, 4) is 17.3 Å². The molecule has 1 N–H and O–H groups in total. The Bertz CT molecular complexity index is 1090. The average molecular weight is 413 g/mol. The summed E-state index contributed by atoms with van der Waals surface area (Å²) in [6.45, 7) is 9.39. The number of benzene rings is 2. The molecule has 1 aliphatic rings. The van der Waals surface area contributed by atoms with Gasteiger partial charge in [-0.25, -0.2) is 9.97 Å². The van der Waals surface area contributed by atoms with Crippen LogP contribution in [0, 0.1) is 25.2 Å². The Balaban J connectivity index is 1.47. The lowest BCUT2D eigenvalue weighted by molar-refractivity contribution is 0.148. The summed E-state index contributed by atoms with van der Waals surface area (Å²) >= 11 is 0. The van der Waals surface area contributed by atoms with Crippen molar-refractivity contribution < 1.29 is 0 Å². The maximum absolute atomic E-state index is 9.35. The van der Waals surface area contributed by atoms with Crippen LogP contribution in [0.2, 0.25) is 0 Å². The molecule has 1 saturated heterocycles. The van der Waals surface area contributed by atoms with Gasteiger partial charge >= 0.3 is 0 Å². The van der Waals surface area contributed by atoms with Crippen LogP contribution >= 0.6 is 0 Å². The van der Waals surface area contributed by atoms with Gasteiger partial charge in [-0.05, 0) is 55.8 Å². The molecule has 0 radical (unpaired) electrons. The van der Waals surface area contributed by atoms with Gasteiger partial charge in [-0.1, -0.05) is 24.3 Å². The molecule has 6 heteroatoms. The van der Waals surface area contributed by atoms with Gasteiger partial charge < -0.3 is 10.2 Å². The number of hydrogen-bond acceptors (Lipinski definition) is 6. The maximum Gasteiger partial charge on any atom is 0.227 e. The highest BCUT2D eigenvalue weighted by Crippen LogP contribution is 2.25. The van der Waals surface area contributed by atoms with E-state index in [1.54, 1.807) is 0 Å². The number of nitrogens with one attached hydrogen (secondary N) is 1. The van der Waals surface area contributed by atoms with E-state index >= 15 is 0 Å². The zero-order valence-corrected chi connectivity index (χ0v) is 18.4. The second kappa shape index (κ2) is 9.25. The van der Waals surface area contributed by atoms with Crippen molar-refractivity contribution in [1.82, 2.24) is 19.8 Å². The number of rotatable bonds is 5. The highest BCUT2D eigenvalue weighted by Gasteiger charge is 2.14.